The molecule has 0 aromatic heterocycles. The van der Waals surface area contributed by atoms with Crippen molar-refractivity contribution in [3.8, 4) is 0 Å². The van der Waals surface area contributed by atoms with E-state index in [1.165, 1.54) is 83.3 Å². The molecule has 0 aromatic rings. The maximum Gasteiger partial charge on any atom is 0.126 e. The van der Waals surface area contributed by atoms with E-state index < -0.39 is 0 Å². The molecule has 2 rings (SSSR count). The van der Waals surface area contributed by atoms with E-state index >= 15 is 0 Å². The predicted molar refractivity (Wildman–Crippen MR) is 67.4 cm³/mol. The van der Waals surface area contributed by atoms with Gasteiger partial charge >= 0.3 is 0 Å². The Balaban J connectivity index is 1.79. The summed E-state index contributed by atoms with van der Waals surface area (Å²) in [5, 5.41) is 0. The number of carbonyl (C=O) groups is 1. The molecule has 0 aromatic carbocycles. The van der Waals surface area contributed by atoms with Gasteiger partial charge in [0, 0.05) is 5.41 Å². The van der Waals surface area contributed by atoms with Gasteiger partial charge in [-0.25, -0.2) is 0 Å². The van der Waals surface area contributed by atoms with Crippen LogP contribution >= 0.6 is 0 Å². The first-order valence-electron chi connectivity index (χ1n) is 7.31. The number of aldehydes is 1. The summed E-state index contributed by atoms with van der Waals surface area (Å²) >= 11 is 0. The Kier molecular flexibility index (Phi) is 4.43. The standard InChI is InChI=1S/C15H26O/c16-13-15(10-5-2-6-11-15)12-9-14-7-3-1-4-8-14/h13-14H,1-12H2. The van der Waals surface area contributed by atoms with Crippen LogP contribution < -0.4 is 0 Å². The van der Waals surface area contributed by atoms with Crippen LogP contribution in [0.5, 0.6) is 0 Å². The quantitative estimate of drug-likeness (QED) is 0.640. The molecule has 0 atom stereocenters. The molecule has 0 N–H and O–H groups in total. The van der Waals surface area contributed by atoms with Crippen LogP contribution in [0.1, 0.15) is 77.0 Å². The van der Waals surface area contributed by atoms with Gasteiger partial charge in [-0.05, 0) is 31.6 Å². The van der Waals surface area contributed by atoms with Crippen molar-refractivity contribution in [1.29, 1.82) is 0 Å². The first kappa shape index (κ1) is 12.1. The fourth-order valence-corrected chi connectivity index (χ4v) is 3.65. The third kappa shape index (κ3) is 3.09. The summed E-state index contributed by atoms with van der Waals surface area (Å²) in [5.74, 6) is 0.938. The molecular weight excluding hydrogens is 196 g/mol. The first-order valence-corrected chi connectivity index (χ1v) is 7.31. The Morgan fingerprint density at radius 3 is 2.19 bits per heavy atom. The topological polar surface area (TPSA) is 17.1 Å². The highest BCUT2D eigenvalue weighted by Gasteiger charge is 2.32. The summed E-state index contributed by atoms with van der Waals surface area (Å²) in [5.41, 5.74) is 0.0930. The Morgan fingerprint density at radius 1 is 0.938 bits per heavy atom. The zero-order valence-electron chi connectivity index (χ0n) is 10.5. The van der Waals surface area contributed by atoms with Gasteiger partial charge in [-0.3, -0.25) is 0 Å². The smallest absolute Gasteiger partial charge is 0.126 e. The molecule has 1 heteroatoms. The van der Waals surface area contributed by atoms with E-state index in [2.05, 4.69) is 0 Å². The van der Waals surface area contributed by atoms with Crippen molar-refractivity contribution in [3.63, 3.8) is 0 Å². The van der Waals surface area contributed by atoms with E-state index in [-0.39, 0.29) is 5.41 Å². The van der Waals surface area contributed by atoms with Crippen molar-refractivity contribution >= 4 is 6.29 Å². The minimum Gasteiger partial charge on any atom is -0.303 e. The Bertz CT molecular complexity index is 209. The van der Waals surface area contributed by atoms with Crippen LogP contribution in [-0.2, 0) is 4.79 Å². The second-order valence-corrected chi connectivity index (χ2v) is 6.08. The van der Waals surface area contributed by atoms with Gasteiger partial charge in [0.05, 0.1) is 0 Å². The number of carbonyl (C=O) groups excluding carboxylic acids is 1. The zero-order valence-corrected chi connectivity index (χ0v) is 10.5. The summed E-state index contributed by atoms with van der Waals surface area (Å²) in [4.78, 5) is 11.4. The number of rotatable bonds is 4. The molecule has 92 valence electrons. The maximum atomic E-state index is 11.4. The van der Waals surface area contributed by atoms with E-state index in [4.69, 9.17) is 0 Å². The highest BCUT2D eigenvalue weighted by Crippen LogP contribution is 2.40. The molecule has 0 saturated heterocycles. The van der Waals surface area contributed by atoms with Crippen LogP contribution in [0.25, 0.3) is 0 Å². The summed E-state index contributed by atoms with van der Waals surface area (Å²) in [6.07, 6.45) is 17.2. The fourth-order valence-electron chi connectivity index (χ4n) is 3.65. The average Bonchev–Trinajstić information content (AvgIpc) is 2.39. The lowest BCUT2D eigenvalue weighted by Gasteiger charge is -2.34. The van der Waals surface area contributed by atoms with Crippen molar-refractivity contribution in [3.05, 3.63) is 0 Å². The second-order valence-electron chi connectivity index (χ2n) is 6.08. The lowest BCUT2D eigenvalue weighted by Crippen LogP contribution is -2.26. The molecule has 2 fully saturated rings. The van der Waals surface area contributed by atoms with Gasteiger partial charge in [-0.2, -0.15) is 0 Å². The van der Waals surface area contributed by atoms with Crippen molar-refractivity contribution < 1.29 is 4.79 Å². The second kappa shape index (κ2) is 5.84. The minimum absolute atomic E-state index is 0.0930. The number of hydrogen-bond donors (Lipinski definition) is 0. The van der Waals surface area contributed by atoms with Crippen LogP contribution in [0.3, 0.4) is 0 Å². The van der Waals surface area contributed by atoms with Crippen molar-refractivity contribution in [2.75, 3.05) is 0 Å². The van der Waals surface area contributed by atoms with E-state index in [0.717, 1.165) is 5.92 Å². The van der Waals surface area contributed by atoms with Crippen LogP contribution in [-0.4, -0.2) is 6.29 Å². The maximum absolute atomic E-state index is 11.4. The van der Waals surface area contributed by atoms with Gasteiger partial charge < -0.3 is 4.79 Å². The van der Waals surface area contributed by atoms with Gasteiger partial charge in [0.1, 0.15) is 6.29 Å². The Morgan fingerprint density at radius 2 is 1.56 bits per heavy atom. The summed E-state index contributed by atoms with van der Waals surface area (Å²) in [7, 11) is 0. The lowest BCUT2D eigenvalue weighted by atomic mass is 9.70. The monoisotopic (exact) mass is 222 g/mol. The SMILES string of the molecule is O=CC1(CCC2CCCCC2)CCCCC1. The van der Waals surface area contributed by atoms with Gasteiger partial charge in [-0.1, -0.05) is 51.4 Å². The van der Waals surface area contributed by atoms with E-state index in [1.807, 2.05) is 0 Å². The molecule has 2 aliphatic carbocycles. The fraction of sp³-hybridized carbons (Fsp3) is 0.933. The first-order chi connectivity index (χ1) is 7.85. The van der Waals surface area contributed by atoms with Crippen LogP contribution in [0.2, 0.25) is 0 Å². The summed E-state index contributed by atoms with van der Waals surface area (Å²) in [6.45, 7) is 0. The largest absolute Gasteiger partial charge is 0.303 e. The number of hydrogen-bond acceptors (Lipinski definition) is 1. The molecule has 2 aliphatic rings. The molecule has 0 unspecified atom stereocenters. The third-order valence-corrected chi connectivity index (χ3v) is 4.87. The highest BCUT2D eigenvalue weighted by atomic mass is 16.1. The minimum atomic E-state index is 0.0930. The van der Waals surface area contributed by atoms with E-state index in [1.54, 1.807) is 0 Å². The Labute approximate surface area is 100.0 Å². The normalized spacial score (nSPS) is 26.5. The van der Waals surface area contributed by atoms with Crippen LogP contribution in [0.15, 0.2) is 0 Å². The predicted octanol–water partition coefficient (Wildman–Crippen LogP) is 4.50. The zero-order chi connectivity index (χ0) is 11.3. The summed E-state index contributed by atoms with van der Waals surface area (Å²) in [6, 6.07) is 0. The molecule has 0 amide bonds. The molecule has 1 nitrogen and oxygen atoms in total. The van der Waals surface area contributed by atoms with Gasteiger partial charge in [0.2, 0.25) is 0 Å². The van der Waals surface area contributed by atoms with Gasteiger partial charge in [-0.15, -0.1) is 0 Å². The average molecular weight is 222 g/mol. The van der Waals surface area contributed by atoms with Crippen molar-refractivity contribution in [1.82, 2.24) is 0 Å². The molecular formula is C15H26O. The Hall–Kier alpha value is -0.330. The molecule has 0 radical (unpaired) electrons. The van der Waals surface area contributed by atoms with Crippen LogP contribution in [0, 0.1) is 11.3 Å². The van der Waals surface area contributed by atoms with Crippen molar-refractivity contribution in [2.45, 2.75) is 77.0 Å². The molecule has 0 aliphatic heterocycles. The van der Waals surface area contributed by atoms with E-state index in [9.17, 15) is 4.79 Å². The summed E-state index contributed by atoms with van der Waals surface area (Å²) < 4.78 is 0. The molecule has 0 heterocycles. The molecule has 16 heavy (non-hydrogen) atoms. The molecule has 0 bridgehead atoms. The van der Waals surface area contributed by atoms with Crippen LogP contribution in [0.4, 0.5) is 0 Å². The molecule has 0 spiro atoms. The van der Waals surface area contributed by atoms with E-state index in [0.29, 0.717) is 0 Å². The lowest BCUT2D eigenvalue weighted by molar-refractivity contribution is -0.118. The third-order valence-electron chi connectivity index (χ3n) is 4.87. The molecule has 2 saturated carbocycles. The highest BCUT2D eigenvalue weighted by molar-refractivity contribution is 5.59. The van der Waals surface area contributed by atoms with Crippen molar-refractivity contribution in [2.24, 2.45) is 11.3 Å². The van der Waals surface area contributed by atoms with Gasteiger partial charge in [0.25, 0.3) is 0 Å². The van der Waals surface area contributed by atoms with Gasteiger partial charge in [0.15, 0.2) is 0 Å².